The summed E-state index contributed by atoms with van der Waals surface area (Å²) in [6, 6.07) is 8.43. The molecule has 1 amide bonds. The molecule has 0 spiro atoms. The molecule has 2 aromatic rings. The molecule has 0 saturated heterocycles. The molecule has 1 aromatic heterocycles. The fraction of sp³-hybridized carbons (Fsp3) is 0.375. The largest absolute Gasteiger partial charge is 0.325 e. The molecule has 1 fully saturated rings. The van der Waals surface area contributed by atoms with Crippen molar-refractivity contribution in [3.05, 3.63) is 48.0 Å². The predicted molar refractivity (Wildman–Crippen MR) is 81.9 cm³/mol. The molecule has 21 heavy (non-hydrogen) atoms. The topological polar surface area (TPSA) is 59.0 Å². The van der Waals surface area contributed by atoms with Crippen LogP contribution in [0.5, 0.6) is 0 Å². The minimum absolute atomic E-state index is 0.0375. The van der Waals surface area contributed by atoms with Gasteiger partial charge >= 0.3 is 0 Å². The van der Waals surface area contributed by atoms with E-state index in [0.29, 0.717) is 6.04 Å². The van der Waals surface area contributed by atoms with Gasteiger partial charge in [-0.25, -0.2) is 4.98 Å². The van der Waals surface area contributed by atoms with Crippen molar-refractivity contribution in [2.24, 2.45) is 0 Å². The molecular formula is C16H20N4O. The van der Waals surface area contributed by atoms with E-state index in [0.717, 1.165) is 18.1 Å². The number of nitrogens with one attached hydrogen (secondary N) is 2. The first-order valence-corrected chi connectivity index (χ1v) is 7.30. The van der Waals surface area contributed by atoms with Gasteiger partial charge in [0.25, 0.3) is 0 Å². The molecule has 3 rings (SSSR count). The van der Waals surface area contributed by atoms with Crippen LogP contribution in [0.2, 0.25) is 0 Å². The summed E-state index contributed by atoms with van der Waals surface area (Å²) in [5, 5.41) is 6.32. The lowest BCUT2D eigenvalue weighted by Crippen LogP contribution is -2.23. The Kier molecular flexibility index (Phi) is 4.01. The number of carbonyl (C=O) groups excluding carboxylic acids is 1. The van der Waals surface area contributed by atoms with Gasteiger partial charge in [-0.05, 0) is 31.9 Å². The van der Waals surface area contributed by atoms with Crippen LogP contribution in [0.1, 0.15) is 24.2 Å². The summed E-state index contributed by atoms with van der Waals surface area (Å²) < 4.78 is 1.89. The normalized spacial score (nSPS) is 14.1. The number of anilines is 1. The number of imidazole rings is 1. The van der Waals surface area contributed by atoms with E-state index < -0.39 is 0 Å². The summed E-state index contributed by atoms with van der Waals surface area (Å²) in [5.41, 5.74) is 2.00. The molecule has 1 aromatic carbocycles. The van der Waals surface area contributed by atoms with Crippen LogP contribution in [0.15, 0.2) is 36.7 Å². The number of hydrogen-bond acceptors (Lipinski definition) is 3. The summed E-state index contributed by atoms with van der Waals surface area (Å²) in [5.74, 6) is 0.866. The van der Waals surface area contributed by atoms with Gasteiger partial charge in [-0.2, -0.15) is 0 Å². The Morgan fingerprint density at radius 1 is 1.33 bits per heavy atom. The first-order chi connectivity index (χ1) is 10.2. The molecule has 0 bridgehead atoms. The zero-order valence-electron chi connectivity index (χ0n) is 12.2. The summed E-state index contributed by atoms with van der Waals surface area (Å²) >= 11 is 0. The average Bonchev–Trinajstić information content (AvgIpc) is 3.20. The molecule has 1 aliphatic carbocycles. The van der Waals surface area contributed by atoms with Crippen LogP contribution in [-0.4, -0.2) is 21.5 Å². The molecule has 110 valence electrons. The van der Waals surface area contributed by atoms with Crippen LogP contribution in [0.25, 0.3) is 0 Å². The van der Waals surface area contributed by atoms with Crippen molar-refractivity contribution in [3.8, 4) is 0 Å². The second-order valence-electron chi connectivity index (χ2n) is 5.54. The summed E-state index contributed by atoms with van der Waals surface area (Å²) in [6.45, 7) is 3.03. The van der Waals surface area contributed by atoms with Crippen molar-refractivity contribution in [2.75, 3.05) is 5.32 Å². The standard InChI is InChI=1S/C16H20N4O/c1-12-2-4-14(5-3-12)19-16(21)11-20-9-8-17-15(20)10-18-13-6-7-13/h2-5,8-9,13,18H,6-7,10-11H2,1H3,(H,19,21). The molecule has 0 unspecified atom stereocenters. The van der Waals surface area contributed by atoms with Crippen LogP contribution in [0.4, 0.5) is 5.69 Å². The molecule has 5 nitrogen and oxygen atoms in total. The van der Waals surface area contributed by atoms with Gasteiger partial charge in [0, 0.05) is 24.1 Å². The second kappa shape index (κ2) is 6.10. The fourth-order valence-corrected chi connectivity index (χ4v) is 2.17. The highest BCUT2D eigenvalue weighted by Gasteiger charge is 2.21. The van der Waals surface area contributed by atoms with E-state index in [9.17, 15) is 4.79 Å². The number of aromatic nitrogens is 2. The summed E-state index contributed by atoms with van der Waals surface area (Å²) in [7, 11) is 0. The third-order valence-corrected chi connectivity index (χ3v) is 3.58. The van der Waals surface area contributed by atoms with Crippen molar-refractivity contribution in [1.29, 1.82) is 0 Å². The number of nitrogens with zero attached hydrogens (tertiary/aromatic N) is 2. The highest BCUT2D eigenvalue weighted by Crippen LogP contribution is 2.19. The van der Waals surface area contributed by atoms with Crippen molar-refractivity contribution in [2.45, 2.75) is 38.9 Å². The summed E-state index contributed by atoms with van der Waals surface area (Å²) in [6.07, 6.45) is 6.07. The average molecular weight is 284 g/mol. The third kappa shape index (κ3) is 3.92. The highest BCUT2D eigenvalue weighted by molar-refractivity contribution is 5.90. The molecule has 1 heterocycles. The molecule has 2 N–H and O–H groups in total. The Morgan fingerprint density at radius 3 is 2.81 bits per heavy atom. The lowest BCUT2D eigenvalue weighted by Gasteiger charge is -2.09. The molecule has 1 saturated carbocycles. The number of rotatable bonds is 6. The molecule has 0 aliphatic heterocycles. The van der Waals surface area contributed by atoms with Crippen molar-refractivity contribution in [3.63, 3.8) is 0 Å². The molecule has 0 radical (unpaired) electrons. The van der Waals surface area contributed by atoms with Crippen LogP contribution in [0.3, 0.4) is 0 Å². The first-order valence-electron chi connectivity index (χ1n) is 7.30. The SMILES string of the molecule is Cc1ccc(NC(=O)Cn2ccnc2CNC2CC2)cc1. The zero-order chi connectivity index (χ0) is 14.7. The number of amides is 1. The lowest BCUT2D eigenvalue weighted by atomic mass is 10.2. The molecular weight excluding hydrogens is 264 g/mol. The Balaban J connectivity index is 1.56. The zero-order valence-corrected chi connectivity index (χ0v) is 12.2. The Hall–Kier alpha value is -2.14. The number of aryl methyl sites for hydroxylation is 1. The maximum Gasteiger partial charge on any atom is 0.244 e. The van der Waals surface area contributed by atoms with Crippen molar-refractivity contribution in [1.82, 2.24) is 14.9 Å². The Morgan fingerprint density at radius 2 is 2.10 bits per heavy atom. The van der Waals surface area contributed by atoms with Gasteiger partial charge in [-0.15, -0.1) is 0 Å². The Bertz CT molecular complexity index is 613. The molecule has 1 aliphatic rings. The van der Waals surface area contributed by atoms with Gasteiger partial charge in [0.1, 0.15) is 12.4 Å². The smallest absolute Gasteiger partial charge is 0.244 e. The van der Waals surface area contributed by atoms with E-state index in [1.807, 2.05) is 42.0 Å². The van der Waals surface area contributed by atoms with Gasteiger partial charge in [0.05, 0.1) is 6.54 Å². The first kappa shape index (κ1) is 13.8. The van der Waals surface area contributed by atoms with Crippen molar-refractivity contribution >= 4 is 11.6 Å². The van der Waals surface area contributed by atoms with Gasteiger partial charge in [0.15, 0.2) is 0 Å². The van der Waals surface area contributed by atoms with Gasteiger partial charge in [-0.1, -0.05) is 17.7 Å². The minimum Gasteiger partial charge on any atom is -0.325 e. The molecule has 0 atom stereocenters. The van der Waals surface area contributed by atoms with Crippen LogP contribution in [-0.2, 0) is 17.9 Å². The summed E-state index contributed by atoms with van der Waals surface area (Å²) in [4.78, 5) is 16.4. The van der Waals surface area contributed by atoms with Crippen LogP contribution >= 0.6 is 0 Å². The van der Waals surface area contributed by atoms with Gasteiger partial charge in [0.2, 0.25) is 5.91 Å². The maximum atomic E-state index is 12.1. The number of hydrogen-bond donors (Lipinski definition) is 2. The maximum absolute atomic E-state index is 12.1. The lowest BCUT2D eigenvalue weighted by molar-refractivity contribution is -0.116. The van der Waals surface area contributed by atoms with E-state index in [2.05, 4.69) is 15.6 Å². The van der Waals surface area contributed by atoms with Crippen LogP contribution < -0.4 is 10.6 Å². The number of benzene rings is 1. The fourth-order valence-electron chi connectivity index (χ4n) is 2.17. The minimum atomic E-state index is -0.0375. The van der Waals surface area contributed by atoms with E-state index in [-0.39, 0.29) is 12.5 Å². The Labute approximate surface area is 124 Å². The van der Waals surface area contributed by atoms with E-state index in [1.54, 1.807) is 6.20 Å². The highest BCUT2D eigenvalue weighted by atomic mass is 16.1. The van der Waals surface area contributed by atoms with Crippen LogP contribution in [0, 0.1) is 6.92 Å². The monoisotopic (exact) mass is 284 g/mol. The van der Waals surface area contributed by atoms with Gasteiger partial charge < -0.3 is 15.2 Å². The quantitative estimate of drug-likeness (QED) is 0.854. The van der Waals surface area contributed by atoms with E-state index in [1.165, 1.54) is 18.4 Å². The van der Waals surface area contributed by atoms with Crippen molar-refractivity contribution < 1.29 is 4.79 Å². The number of carbonyl (C=O) groups is 1. The van der Waals surface area contributed by atoms with E-state index >= 15 is 0 Å². The molecule has 5 heteroatoms. The third-order valence-electron chi connectivity index (χ3n) is 3.58. The van der Waals surface area contributed by atoms with Gasteiger partial charge in [-0.3, -0.25) is 4.79 Å². The second-order valence-corrected chi connectivity index (χ2v) is 5.54. The predicted octanol–water partition coefficient (Wildman–Crippen LogP) is 2.08. The van der Waals surface area contributed by atoms with E-state index in [4.69, 9.17) is 0 Å².